The summed E-state index contributed by atoms with van der Waals surface area (Å²) in [4.78, 5) is 58.1. The minimum Gasteiger partial charge on any atom is -0.726 e. The second-order valence-corrected chi connectivity index (χ2v) is 31.3. The van der Waals surface area contributed by atoms with Crippen molar-refractivity contribution in [2.45, 2.75) is 243 Å². The molecular formula is C72H94N9O33S3-3. The van der Waals surface area contributed by atoms with Gasteiger partial charge in [0, 0.05) is 44.8 Å². The van der Waals surface area contributed by atoms with E-state index in [2.05, 4.69) is 36.0 Å². The first-order valence-corrected chi connectivity index (χ1v) is 40.8. The number of benzene rings is 3. The van der Waals surface area contributed by atoms with E-state index in [0.29, 0.717) is 24.0 Å². The Balaban J connectivity index is 0.00000226. The van der Waals surface area contributed by atoms with Gasteiger partial charge in [-0.25, -0.2) is 25.3 Å². The summed E-state index contributed by atoms with van der Waals surface area (Å²) in [6, 6.07) is 23.9. The number of rotatable bonds is 35. The van der Waals surface area contributed by atoms with Crippen molar-refractivity contribution in [3.63, 3.8) is 0 Å². The van der Waals surface area contributed by atoms with Crippen LogP contribution in [0.1, 0.15) is 98.8 Å². The molecule has 6 saturated heterocycles. The average Bonchev–Trinajstić information content (AvgIpc) is 0.774. The fourth-order valence-corrected chi connectivity index (χ4v) is 15.5. The fraction of sp³-hybridized carbons (Fsp3) is 0.681. The zero-order valence-corrected chi connectivity index (χ0v) is 67.6. The Morgan fingerprint density at radius 2 is 0.658 bits per heavy atom. The van der Waals surface area contributed by atoms with Crippen LogP contribution in [0.5, 0.6) is 0 Å². The van der Waals surface area contributed by atoms with Crippen molar-refractivity contribution in [1.29, 1.82) is 0 Å². The third-order valence-corrected chi connectivity index (χ3v) is 21.8. The van der Waals surface area contributed by atoms with E-state index in [1.807, 2.05) is 81.4 Å². The highest BCUT2D eigenvalue weighted by molar-refractivity contribution is 7.81. The van der Waals surface area contributed by atoms with E-state index in [4.69, 9.17) is 119 Å². The summed E-state index contributed by atoms with van der Waals surface area (Å²) in [5.74, 6) is -2.63. The van der Waals surface area contributed by atoms with Crippen molar-refractivity contribution >= 4 is 49.7 Å². The molecule has 646 valence electrons. The maximum absolute atomic E-state index is 12.4. The summed E-state index contributed by atoms with van der Waals surface area (Å²) in [5.41, 5.74) is 32.6. The van der Waals surface area contributed by atoms with Gasteiger partial charge in [0.15, 0.2) is 37.7 Å². The number of nitrogens with zero attached hydrogens (tertiary/aromatic N) is 9. The quantitative estimate of drug-likeness (QED) is 0.0113. The van der Waals surface area contributed by atoms with Crippen LogP contribution in [0.4, 0.5) is 0 Å². The summed E-state index contributed by atoms with van der Waals surface area (Å²) in [6.45, 7) is 14.8. The maximum atomic E-state index is 12.4. The molecule has 6 fully saturated rings. The number of ether oxygens (including phenoxy) is 15. The summed E-state index contributed by atoms with van der Waals surface area (Å²) >= 11 is 0. The van der Waals surface area contributed by atoms with E-state index < -0.39 is 228 Å². The number of terminal acetylenes is 1. The molecule has 6 aliphatic heterocycles. The molecule has 12 unspecified atom stereocenters. The highest BCUT2D eigenvalue weighted by atomic mass is 32.3. The molecule has 0 saturated carbocycles. The van der Waals surface area contributed by atoms with E-state index in [0.717, 1.165) is 5.56 Å². The predicted octanol–water partition coefficient (Wildman–Crippen LogP) is 6.68. The zero-order valence-electron chi connectivity index (χ0n) is 65.1. The smallest absolute Gasteiger partial charge is 0.373 e. The van der Waals surface area contributed by atoms with Crippen molar-refractivity contribution < 1.29 is 151 Å². The SMILES string of the molecule is C#CCCCO[C@@H]1OC(COS(=O)(=O)[O-])[C@@H](O[C@@H]2OC(C)[C@@H](O[C@@H]3OC(COS(=O)(=O)[O-])[C@@H](O[C@@H]4OC(C)[C@@H](O[C@@H]5OC(COS(=O)(=O)[O-])[C@@H](O[C@@H]6OC(C)[C@@H](C)[C@@H](OCc7ccccc7)C6C)[C@H](C)C5N=[N+]=[N-])[C@@H](OCc5ccccc5)C4C)[C@H](C)C3N=[N+]=[N-])[C@@H](OCc3ccccc3)C2C)[C@H](C)C1N=[N+]=[N-].O=C=O.O=C=O.O=C=O. The fourth-order valence-electron chi connectivity index (χ4n) is 14.6. The molecule has 3 aromatic carbocycles. The predicted molar refractivity (Wildman–Crippen MR) is 387 cm³/mol. The molecule has 117 heavy (non-hydrogen) atoms. The van der Waals surface area contributed by atoms with Gasteiger partial charge in [-0.1, -0.05) is 155 Å². The second-order valence-electron chi connectivity index (χ2n) is 28.2. The van der Waals surface area contributed by atoms with E-state index in [-0.39, 0.29) is 50.8 Å². The van der Waals surface area contributed by atoms with Gasteiger partial charge in [0.05, 0.1) is 119 Å². The normalized spacial score (nSPS) is 34.8. The van der Waals surface area contributed by atoms with Gasteiger partial charge < -0.3 is 84.7 Å². The molecular weight excluding hydrogens is 1620 g/mol. The summed E-state index contributed by atoms with van der Waals surface area (Å²) in [5, 5.41) is 12.2. The Labute approximate surface area is 675 Å². The molecule has 45 heteroatoms. The van der Waals surface area contributed by atoms with Gasteiger partial charge in [0.2, 0.25) is 31.2 Å². The molecule has 0 bridgehead atoms. The number of hydrogen-bond donors (Lipinski definition) is 0. The van der Waals surface area contributed by atoms with Crippen LogP contribution < -0.4 is 0 Å². The van der Waals surface area contributed by atoms with Gasteiger partial charge in [0.25, 0.3) is 0 Å². The van der Waals surface area contributed by atoms with E-state index in [1.54, 1.807) is 78.8 Å². The van der Waals surface area contributed by atoms with Gasteiger partial charge in [0.1, 0.15) is 30.5 Å². The van der Waals surface area contributed by atoms with Crippen LogP contribution in [0.25, 0.3) is 31.3 Å². The molecule has 0 amide bonds. The first kappa shape index (κ1) is 98.1. The topological polar surface area (TPSA) is 586 Å². The van der Waals surface area contributed by atoms with Crippen LogP contribution in [0.3, 0.4) is 0 Å². The van der Waals surface area contributed by atoms with Crippen molar-refractivity contribution in [2.75, 3.05) is 26.4 Å². The van der Waals surface area contributed by atoms with Crippen molar-refractivity contribution in [2.24, 2.45) is 56.8 Å². The molecule has 30 atom stereocenters. The van der Waals surface area contributed by atoms with E-state index >= 15 is 0 Å². The Kier molecular flexibility index (Phi) is 40.2. The van der Waals surface area contributed by atoms with Crippen LogP contribution >= 0.6 is 0 Å². The van der Waals surface area contributed by atoms with Gasteiger partial charge in [-0.3, -0.25) is 12.5 Å². The first-order valence-electron chi connectivity index (χ1n) is 36.8. The van der Waals surface area contributed by atoms with Gasteiger partial charge in [-0.05, 0) is 78.2 Å². The third kappa shape index (κ3) is 29.3. The molecule has 0 radical (unpaired) electrons. The second kappa shape index (κ2) is 47.9. The molecule has 0 aromatic heterocycles. The van der Waals surface area contributed by atoms with Crippen molar-refractivity contribution in [3.05, 3.63) is 139 Å². The van der Waals surface area contributed by atoms with Gasteiger partial charge >= 0.3 is 18.5 Å². The maximum Gasteiger partial charge on any atom is 0.373 e. The third-order valence-electron chi connectivity index (χ3n) is 20.5. The average molecular weight is 1710 g/mol. The molecule has 42 nitrogen and oxygen atoms in total. The van der Waals surface area contributed by atoms with Crippen LogP contribution in [0, 0.1) is 53.8 Å². The molecule has 6 aliphatic rings. The van der Waals surface area contributed by atoms with Crippen LogP contribution in [0.15, 0.2) is 106 Å². The lowest BCUT2D eigenvalue weighted by Crippen LogP contribution is -2.64. The Hall–Kier alpha value is -7.70. The lowest BCUT2D eigenvalue weighted by molar-refractivity contribution is -0.369. The number of hydrogen-bond acceptors (Lipinski definition) is 36. The summed E-state index contributed by atoms with van der Waals surface area (Å²) < 4.78 is 223. The van der Waals surface area contributed by atoms with Crippen LogP contribution in [-0.4, -0.2) is 225 Å². The standard InChI is InChI=1S/C69H97N9O27S3.3CO2/c1-12-13-23-30-88-67-53(73-76-70)38(3)57(50(98-67)34-92-106(79,80)81)102-65-42(7)60(90-32-48-26-19-15-20-27-48)62(45(10)96-65)105-69-55(75-78-72)40(5)59(52(100-69)36-94-108(85,86)87)103-66-43(8)61(91-33-49-28-21-16-22-29-49)63(46(11)97-66)104-68-54(74-77-71)39(4)58(51(99-68)35-93-107(82,83)84)101-64-41(6)56(37(2)44(9)95-64)89-31-47-24-17-14-18-25-47;3*2-1-3/h1,14-22,24-29,37-46,50-69H,13,23,30-36H2,2-11H3,(H,79,80,81)(H,82,83,84)(H,85,86,87);;;/p-3/t37-,38-,39-,40-,41?,42?,43?,44?,45?,46?,50?,51?,52?,53?,54?,55?,56-,57+,58+,59+,60+,61+,62-,63-,64+,65+,66+,67-,68+,69+;;;/m1.../s1. The molecule has 6 heterocycles. The highest BCUT2D eigenvalue weighted by Crippen LogP contribution is 2.45. The Morgan fingerprint density at radius 1 is 0.376 bits per heavy atom. The Bertz CT molecular complexity index is 4190. The first-order chi connectivity index (χ1) is 55.6. The van der Waals surface area contributed by atoms with Crippen molar-refractivity contribution in [3.8, 4) is 12.3 Å². The lowest BCUT2D eigenvalue weighted by Gasteiger charge is -2.52. The van der Waals surface area contributed by atoms with Gasteiger partial charge in [-0.2, -0.15) is 28.8 Å². The minimum atomic E-state index is -5.46. The molecule has 0 spiro atoms. The molecule has 0 N–H and O–H groups in total. The minimum absolute atomic E-state index is 0.0359. The Morgan fingerprint density at radius 3 is 0.966 bits per heavy atom. The molecule has 9 rings (SSSR count). The lowest BCUT2D eigenvalue weighted by atomic mass is 9.85. The largest absolute Gasteiger partial charge is 0.726 e. The van der Waals surface area contributed by atoms with Crippen LogP contribution in [0.2, 0.25) is 0 Å². The number of unbranched alkanes of at least 4 members (excludes halogenated alkanes) is 1. The summed E-state index contributed by atoms with van der Waals surface area (Å²) in [7, 11) is -16.1. The number of azide groups is 3. The van der Waals surface area contributed by atoms with Gasteiger partial charge in [-0.15, -0.1) is 12.3 Å². The van der Waals surface area contributed by atoms with E-state index in [1.165, 1.54) is 0 Å². The molecule has 0 aliphatic carbocycles. The number of carbonyl (C=O) groups excluding carboxylic acids is 6. The van der Waals surface area contributed by atoms with E-state index in [9.17, 15) is 55.5 Å². The van der Waals surface area contributed by atoms with Crippen LogP contribution in [-0.2, 0) is 163 Å². The highest BCUT2D eigenvalue weighted by Gasteiger charge is 2.57. The van der Waals surface area contributed by atoms with Crippen molar-refractivity contribution in [1.82, 2.24) is 0 Å². The zero-order chi connectivity index (χ0) is 86.3. The monoisotopic (exact) mass is 1710 g/mol. The molecule has 3 aromatic rings. The summed E-state index contributed by atoms with van der Waals surface area (Å²) in [6.07, 6.45) is -16.8.